The molecule has 10 heteroatoms. The van der Waals surface area contributed by atoms with E-state index in [9.17, 15) is 34.8 Å². The lowest BCUT2D eigenvalue weighted by atomic mass is 9.57. The number of aliphatic hydroxyl groups is 3. The van der Waals surface area contributed by atoms with Crippen molar-refractivity contribution in [3.8, 4) is 16.9 Å². The van der Waals surface area contributed by atoms with E-state index in [1.165, 1.54) is 11.0 Å². The van der Waals surface area contributed by atoms with E-state index in [0.717, 1.165) is 11.1 Å². The molecule has 0 bridgehead atoms. The van der Waals surface area contributed by atoms with Gasteiger partial charge in [0.05, 0.1) is 11.6 Å². The summed E-state index contributed by atoms with van der Waals surface area (Å²) in [6.07, 6.45) is 3.49. The maximum atomic E-state index is 13.8. The molecule has 1 heterocycles. The lowest BCUT2D eigenvalue weighted by molar-refractivity contribution is -0.153. The number of nitrogens with two attached hydrogens (primary N) is 1. The molecule has 0 unspecified atom stereocenters. The maximum Gasteiger partial charge on any atom is 0.255 e. The van der Waals surface area contributed by atoms with E-state index in [0.29, 0.717) is 5.56 Å². The van der Waals surface area contributed by atoms with Crippen LogP contribution in [0.4, 0.5) is 0 Å². The van der Waals surface area contributed by atoms with Crippen molar-refractivity contribution in [3.63, 3.8) is 0 Å². The normalized spacial score (nSPS) is 27.6. The number of carbonyl (C=O) groups excluding carboxylic acids is 3. The molecule has 6 N–H and O–H groups in total. The van der Waals surface area contributed by atoms with Gasteiger partial charge in [0.2, 0.25) is 5.78 Å². The highest BCUT2D eigenvalue weighted by Crippen LogP contribution is 2.53. The van der Waals surface area contributed by atoms with Gasteiger partial charge >= 0.3 is 0 Å². The van der Waals surface area contributed by atoms with Gasteiger partial charge in [-0.1, -0.05) is 6.07 Å². The second-order valence-corrected chi connectivity index (χ2v) is 9.68. The van der Waals surface area contributed by atoms with Gasteiger partial charge in [0.1, 0.15) is 22.8 Å². The topological polar surface area (TPSA) is 174 Å². The maximum absolute atomic E-state index is 13.8. The number of pyridine rings is 1. The molecule has 0 saturated heterocycles. The van der Waals surface area contributed by atoms with Crippen LogP contribution in [0.25, 0.3) is 16.9 Å². The van der Waals surface area contributed by atoms with E-state index in [-0.39, 0.29) is 29.7 Å². The minimum Gasteiger partial charge on any atom is -0.508 e. The fourth-order valence-electron chi connectivity index (χ4n) is 6.05. The number of carbonyl (C=O) groups is 3. The minimum absolute atomic E-state index is 0.0389. The number of phenols is 1. The Bertz CT molecular complexity index is 1400. The molecular weight excluding hydrogens is 466 g/mol. The van der Waals surface area contributed by atoms with Crippen LogP contribution in [0.1, 0.15) is 17.5 Å². The molecule has 3 aliphatic rings. The van der Waals surface area contributed by atoms with Crippen molar-refractivity contribution in [2.24, 2.45) is 17.6 Å². The number of likely N-dealkylation sites (N-methyl/N-ethyl adjacent to an activating group) is 1. The summed E-state index contributed by atoms with van der Waals surface area (Å²) in [4.78, 5) is 44.5. The number of ketones is 2. The zero-order valence-corrected chi connectivity index (χ0v) is 19.6. The third-order valence-corrected chi connectivity index (χ3v) is 7.60. The average Bonchev–Trinajstić information content (AvgIpc) is 2.81. The molecule has 1 aromatic heterocycles. The van der Waals surface area contributed by atoms with Crippen molar-refractivity contribution in [3.05, 3.63) is 64.7 Å². The van der Waals surface area contributed by atoms with Gasteiger partial charge in [0, 0.05) is 23.9 Å². The molecular formula is C26H25N3O7. The minimum atomic E-state index is -2.65. The Labute approximate surface area is 206 Å². The molecule has 3 aliphatic carbocycles. The summed E-state index contributed by atoms with van der Waals surface area (Å²) >= 11 is 0. The molecule has 0 aliphatic heterocycles. The van der Waals surface area contributed by atoms with E-state index >= 15 is 0 Å². The standard InChI is InChI=1S/C26H25N3O7/c1-29(2)20-15-10-12-9-14-13(11-5-7-28-8-6-11)3-4-16(30)18(14)21(31)17(12)23(33)26(15,36)24(34)19(22(20)32)25(27)35/h3-8,12,15,20,30-31,34,36H,9-10H2,1-2H3,(H2,27,35)/t12-,15+,20-,26+/m1/s1. The summed E-state index contributed by atoms with van der Waals surface area (Å²) in [5, 5.41) is 44.4. The lowest BCUT2D eigenvalue weighted by Crippen LogP contribution is -2.65. The van der Waals surface area contributed by atoms with Crippen molar-refractivity contribution in [2.75, 3.05) is 14.1 Å². The Morgan fingerprint density at radius 3 is 2.39 bits per heavy atom. The zero-order valence-electron chi connectivity index (χ0n) is 19.6. The molecule has 1 aromatic carbocycles. The van der Waals surface area contributed by atoms with Crippen molar-refractivity contribution >= 4 is 23.2 Å². The molecule has 10 nitrogen and oxygen atoms in total. The number of aromatic hydroxyl groups is 1. The number of amides is 1. The molecule has 0 radical (unpaired) electrons. The van der Waals surface area contributed by atoms with Crippen LogP contribution < -0.4 is 5.73 Å². The predicted molar refractivity (Wildman–Crippen MR) is 127 cm³/mol. The molecule has 5 rings (SSSR count). The van der Waals surface area contributed by atoms with E-state index < -0.39 is 58.0 Å². The van der Waals surface area contributed by atoms with Crippen LogP contribution in [-0.2, 0) is 20.8 Å². The SMILES string of the molecule is CN(C)[C@H]1C(=O)C(C(N)=O)=C(O)[C@@]2(O)C(=O)C3=C(O)c4c(O)ccc(-c5ccncc5)c4C[C@@H]3C[C@@H]12. The van der Waals surface area contributed by atoms with E-state index in [1.807, 2.05) is 0 Å². The molecule has 0 spiro atoms. The van der Waals surface area contributed by atoms with E-state index in [2.05, 4.69) is 4.98 Å². The summed E-state index contributed by atoms with van der Waals surface area (Å²) < 4.78 is 0. The number of hydrogen-bond acceptors (Lipinski definition) is 9. The Morgan fingerprint density at radius 2 is 1.78 bits per heavy atom. The first kappa shape index (κ1) is 23.7. The molecule has 1 fully saturated rings. The Kier molecular flexibility index (Phi) is 5.27. The van der Waals surface area contributed by atoms with Gasteiger partial charge in [0.15, 0.2) is 11.4 Å². The smallest absolute Gasteiger partial charge is 0.255 e. The third-order valence-electron chi connectivity index (χ3n) is 7.60. The highest BCUT2D eigenvalue weighted by molar-refractivity contribution is 6.24. The monoisotopic (exact) mass is 491 g/mol. The number of primary amides is 1. The number of aromatic nitrogens is 1. The first-order valence-electron chi connectivity index (χ1n) is 11.4. The first-order valence-corrected chi connectivity index (χ1v) is 11.4. The van der Waals surface area contributed by atoms with Crippen LogP contribution in [-0.4, -0.2) is 73.5 Å². The van der Waals surface area contributed by atoms with Crippen molar-refractivity contribution in [2.45, 2.75) is 24.5 Å². The van der Waals surface area contributed by atoms with Gasteiger partial charge < -0.3 is 26.2 Å². The third kappa shape index (κ3) is 3.04. The van der Waals surface area contributed by atoms with Gasteiger partial charge in [-0.3, -0.25) is 24.3 Å². The van der Waals surface area contributed by atoms with Gasteiger partial charge in [-0.05, 0) is 67.7 Å². The molecule has 1 saturated carbocycles. The summed E-state index contributed by atoms with van der Waals surface area (Å²) in [5.41, 5.74) is 3.85. The number of rotatable bonds is 3. The number of hydrogen-bond donors (Lipinski definition) is 5. The van der Waals surface area contributed by atoms with Crippen LogP contribution >= 0.6 is 0 Å². The fraction of sp³-hybridized carbons (Fsp3) is 0.308. The second kappa shape index (κ2) is 8.00. The van der Waals surface area contributed by atoms with Gasteiger partial charge in [-0.2, -0.15) is 0 Å². The van der Waals surface area contributed by atoms with Gasteiger partial charge in [-0.25, -0.2) is 0 Å². The quantitative estimate of drug-likeness (QED) is 0.393. The van der Waals surface area contributed by atoms with Gasteiger partial charge in [0.25, 0.3) is 5.91 Å². The van der Waals surface area contributed by atoms with Crippen molar-refractivity contribution in [1.82, 2.24) is 9.88 Å². The van der Waals surface area contributed by atoms with Crippen LogP contribution in [0.3, 0.4) is 0 Å². The Morgan fingerprint density at radius 1 is 1.11 bits per heavy atom. The van der Waals surface area contributed by atoms with Crippen LogP contribution in [0, 0.1) is 11.8 Å². The Balaban J connectivity index is 1.75. The molecule has 2 aromatic rings. The van der Waals surface area contributed by atoms with E-state index in [4.69, 9.17) is 5.73 Å². The Hall–Kier alpha value is -4.02. The number of benzene rings is 1. The first-order chi connectivity index (χ1) is 17.0. The largest absolute Gasteiger partial charge is 0.508 e. The van der Waals surface area contributed by atoms with Crippen molar-refractivity contribution in [1.29, 1.82) is 0 Å². The van der Waals surface area contributed by atoms with Crippen LogP contribution in [0.5, 0.6) is 5.75 Å². The molecule has 36 heavy (non-hydrogen) atoms. The highest BCUT2D eigenvalue weighted by Gasteiger charge is 2.64. The molecule has 186 valence electrons. The van der Waals surface area contributed by atoms with Gasteiger partial charge in [-0.15, -0.1) is 0 Å². The molecule has 4 atom stereocenters. The number of fused-ring (bicyclic) bond motifs is 3. The number of Topliss-reactive ketones (excluding diaryl/α,β-unsaturated/α-hetero) is 2. The van der Waals surface area contributed by atoms with E-state index in [1.54, 1.807) is 44.7 Å². The summed E-state index contributed by atoms with van der Waals surface area (Å²) in [5.74, 6) is -6.69. The second-order valence-electron chi connectivity index (χ2n) is 9.68. The summed E-state index contributed by atoms with van der Waals surface area (Å²) in [6, 6.07) is 5.56. The average molecular weight is 492 g/mol. The summed E-state index contributed by atoms with van der Waals surface area (Å²) in [6.45, 7) is 0. The number of aliphatic hydroxyl groups excluding tert-OH is 2. The highest BCUT2D eigenvalue weighted by atomic mass is 16.3. The predicted octanol–water partition coefficient (Wildman–Crippen LogP) is 1.03. The van der Waals surface area contributed by atoms with Crippen LogP contribution in [0.15, 0.2) is 53.6 Å². The summed E-state index contributed by atoms with van der Waals surface area (Å²) in [7, 11) is 3.13. The lowest BCUT2D eigenvalue weighted by Gasteiger charge is -2.50. The number of nitrogens with zero attached hydrogens (tertiary/aromatic N) is 2. The molecule has 1 amide bonds. The fourth-order valence-corrected chi connectivity index (χ4v) is 6.05. The number of phenolic OH excluding ortho intramolecular Hbond substituents is 1. The zero-order chi connectivity index (χ0) is 26.1. The van der Waals surface area contributed by atoms with Crippen LogP contribution in [0.2, 0.25) is 0 Å². The van der Waals surface area contributed by atoms with Crippen molar-refractivity contribution < 1.29 is 34.8 Å².